The molecule has 0 aliphatic carbocycles. The van der Waals surface area contributed by atoms with Gasteiger partial charge in [-0.25, -0.2) is 9.78 Å². The number of aliphatic carboxylic acids is 1. The van der Waals surface area contributed by atoms with Crippen molar-refractivity contribution in [2.24, 2.45) is 0 Å². The lowest BCUT2D eigenvalue weighted by Gasteiger charge is -2.16. The van der Waals surface area contributed by atoms with Crippen LogP contribution in [0.4, 0.5) is 11.5 Å². The van der Waals surface area contributed by atoms with Gasteiger partial charge in [-0.15, -0.1) is 0 Å². The average molecular weight is 473 g/mol. The molecule has 2 amide bonds. The number of hydrogen-bond acceptors (Lipinski definition) is 5. The number of carboxylic acids is 1. The van der Waals surface area contributed by atoms with Gasteiger partial charge >= 0.3 is 5.97 Å². The molecule has 164 valence electrons. The summed E-state index contributed by atoms with van der Waals surface area (Å²) in [6.45, 7) is 0. The molecule has 1 aromatic heterocycles. The molecule has 1 atom stereocenters. The van der Waals surface area contributed by atoms with Gasteiger partial charge in [0.1, 0.15) is 11.9 Å². The number of nitrogens with two attached hydrogens (primary N) is 1. The fraction of sp³-hybridized carbons (Fsp3) is 0.0909. The number of nitrogens with one attached hydrogen (secondary N) is 2. The summed E-state index contributed by atoms with van der Waals surface area (Å²) in [5, 5.41) is 14.9. The first-order valence-electron chi connectivity index (χ1n) is 9.34. The minimum absolute atomic E-state index is 0.00687. The zero-order valence-electron chi connectivity index (χ0n) is 16.5. The van der Waals surface area contributed by atoms with Crippen molar-refractivity contribution in [1.82, 2.24) is 10.3 Å². The van der Waals surface area contributed by atoms with Crippen molar-refractivity contribution in [1.29, 1.82) is 0 Å². The topological polar surface area (TPSA) is 134 Å². The van der Waals surface area contributed by atoms with Gasteiger partial charge < -0.3 is 21.5 Å². The Morgan fingerprint density at radius 1 is 0.969 bits per heavy atom. The lowest BCUT2D eigenvalue weighted by atomic mass is 10.0. The van der Waals surface area contributed by atoms with Crippen LogP contribution in [0.5, 0.6) is 0 Å². The first kappa shape index (κ1) is 23.1. The van der Waals surface area contributed by atoms with E-state index in [0.29, 0.717) is 11.3 Å². The summed E-state index contributed by atoms with van der Waals surface area (Å²) in [7, 11) is 0. The Bertz CT molecular complexity index is 1150. The summed E-state index contributed by atoms with van der Waals surface area (Å²) in [6.07, 6.45) is 1.49. The van der Waals surface area contributed by atoms with Crippen LogP contribution >= 0.6 is 23.2 Å². The van der Waals surface area contributed by atoms with Crippen LogP contribution < -0.4 is 16.4 Å². The summed E-state index contributed by atoms with van der Waals surface area (Å²) in [6, 6.07) is 13.0. The molecule has 0 aliphatic heterocycles. The number of rotatable bonds is 7. The SMILES string of the molecule is Nc1ncccc1C(=O)Nc1ccc(C[C@H](NC(=O)c2c(Cl)cccc2Cl)C(=O)O)cc1. The number of halogens is 2. The maximum absolute atomic E-state index is 12.5. The quantitative estimate of drug-likeness (QED) is 0.414. The highest BCUT2D eigenvalue weighted by molar-refractivity contribution is 6.39. The molecule has 0 bridgehead atoms. The summed E-state index contributed by atoms with van der Waals surface area (Å²) >= 11 is 12.0. The van der Waals surface area contributed by atoms with Crippen molar-refractivity contribution in [3.8, 4) is 0 Å². The normalized spacial score (nSPS) is 11.4. The first-order valence-corrected chi connectivity index (χ1v) is 10.1. The van der Waals surface area contributed by atoms with Crippen LogP contribution in [0, 0.1) is 0 Å². The molecule has 0 saturated carbocycles. The van der Waals surface area contributed by atoms with Gasteiger partial charge in [-0.05, 0) is 42.0 Å². The largest absolute Gasteiger partial charge is 0.480 e. The molecule has 5 N–H and O–H groups in total. The van der Waals surface area contributed by atoms with E-state index >= 15 is 0 Å². The van der Waals surface area contributed by atoms with Gasteiger partial charge in [0.05, 0.1) is 21.2 Å². The molecule has 8 nitrogen and oxygen atoms in total. The Morgan fingerprint density at radius 3 is 2.22 bits per heavy atom. The van der Waals surface area contributed by atoms with Gasteiger partial charge in [-0.1, -0.05) is 41.4 Å². The number of carbonyl (C=O) groups is 3. The number of anilines is 2. The maximum Gasteiger partial charge on any atom is 0.326 e. The van der Waals surface area contributed by atoms with E-state index in [1.807, 2.05) is 0 Å². The van der Waals surface area contributed by atoms with Crippen molar-refractivity contribution in [2.45, 2.75) is 12.5 Å². The average Bonchev–Trinajstić information content (AvgIpc) is 2.74. The van der Waals surface area contributed by atoms with E-state index in [0.717, 1.165) is 0 Å². The van der Waals surface area contributed by atoms with E-state index in [1.165, 1.54) is 18.3 Å². The zero-order chi connectivity index (χ0) is 23.3. The highest BCUT2D eigenvalue weighted by atomic mass is 35.5. The van der Waals surface area contributed by atoms with Crippen molar-refractivity contribution in [3.63, 3.8) is 0 Å². The summed E-state index contributed by atoms with van der Waals surface area (Å²) in [5.41, 5.74) is 7.07. The number of nitrogen functional groups attached to an aromatic ring is 1. The predicted octanol–water partition coefficient (Wildman–Crippen LogP) is 3.65. The second-order valence-corrected chi connectivity index (χ2v) is 7.57. The van der Waals surface area contributed by atoms with Crippen molar-refractivity contribution >= 4 is 52.5 Å². The number of carbonyl (C=O) groups excluding carboxylic acids is 2. The Labute approximate surface area is 193 Å². The first-order chi connectivity index (χ1) is 15.3. The van der Waals surface area contributed by atoms with E-state index < -0.39 is 23.8 Å². The number of pyridine rings is 1. The van der Waals surface area contributed by atoms with Crippen molar-refractivity contribution < 1.29 is 19.5 Å². The monoisotopic (exact) mass is 472 g/mol. The molecule has 32 heavy (non-hydrogen) atoms. The van der Waals surface area contributed by atoms with E-state index in [1.54, 1.807) is 42.5 Å². The molecular formula is C22H18Cl2N4O4. The van der Waals surface area contributed by atoms with Gasteiger partial charge in [0.25, 0.3) is 11.8 Å². The van der Waals surface area contributed by atoms with Gasteiger partial charge in [-0.3, -0.25) is 9.59 Å². The number of carboxylic acid groups (broad SMARTS) is 1. The Hall–Kier alpha value is -3.62. The van der Waals surface area contributed by atoms with Crippen molar-refractivity contribution in [3.05, 3.63) is 87.5 Å². The van der Waals surface area contributed by atoms with Crippen LogP contribution in [-0.4, -0.2) is 33.9 Å². The van der Waals surface area contributed by atoms with Gasteiger partial charge in [0.15, 0.2) is 0 Å². The molecule has 0 unspecified atom stereocenters. The van der Waals surface area contributed by atoms with Gasteiger partial charge in [0, 0.05) is 18.3 Å². The van der Waals surface area contributed by atoms with E-state index in [2.05, 4.69) is 15.6 Å². The maximum atomic E-state index is 12.5. The second kappa shape index (κ2) is 10.1. The summed E-state index contributed by atoms with van der Waals surface area (Å²) < 4.78 is 0. The third kappa shape index (κ3) is 5.54. The van der Waals surface area contributed by atoms with Crippen LogP contribution in [0.15, 0.2) is 60.8 Å². The number of amides is 2. The Morgan fingerprint density at radius 2 is 1.62 bits per heavy atom. The minimum Gasteiger partial charge on any atom is -0.480 e. The van der Waals surface area contributed by atoms with Crippen LogP contribution in [-0.2, 0) is 11.2 Å². The van der Waals surface area contributed by atoms with E-state index in [4.69, 9.17) is 28.9 Å². The Kier molecular flexibility index (Phi) is 7.29. The molecule has 0 aliphatic rings. The lowest BCUT2D eigenvalue weighted by Crippen LogP contribution is -2.42. The van der Waals surface area contributed by atoms with E-state index in [-0.39, 0.29) is 33.4 Å². The fourth-order valence-electron chi connectivity index (χ4n) is 2.91. The predicted molar refractivity (Wildman–Crippen MR) is 122 cm³/mol. The van der Waals surface area contributed by atoms with Crippen LogP contribution in [0.3, 0.4) is 0 Å². The minimum atomic E-state index is -1.22. The molecule has 3 rings (SSSR count). The fourth-order valence-corrected chi connectivity index (χ4v) is 3.48. The number of benzene rings is 2. The highest BCUT2D eigenvalue weighted by Gasteiger charge is 2.24. The molecular weight excluding hydrogens is 455 g/mol. The molecule has 0 radical (unpaired) electrons. The van der Waals surface area contributed by atoms with E-state index in [9.17, 15) is 19.5 Å². The lowest BCUT2D eigenvalue weighted by molar-refractivity contribution is -0.139. The van der Waals surface area contributed by atoms with Gasteiger partial charge in [0.2, 0.25) is 0 Å². The van der Waals surface area contributed by atoms with Crippen LogP contribution in [0.2, 0.25) is 10.0 Å². The number of aromatic nitrogens is 1. The molecule has 3 aromatic rings. The smallest absolute Gasteiger partial charge is 0.326 e. The third-order valence-corrected chi connectivity index (χ3v) is 5.16. The molecule has 2 aromatic carbocycles. The highest BCUT2D eigenvalue weighted by Crippen LogP contribution is 2.24. The molecule has 0 saturated heterocycles. The molecule has 0 fully saturated rings. The number of hydrogen-bond donors (Lipinski definition) is 4. The van der Waals surface area contributed by atoms with Crippen molar-refractivity contribution in [2.75, 3.05) is 11.1 Å². The van der Waals surface area contributed by atoms with Crippen LogP contribution in [0.25, 0.3) is 0 Å². The molecule has 10 heteroatoms. The molecule has 1 heterocycles. The summed E-state index contributed by atoms with van der Waals surface area (Å²) in [5.74, 6) is -2.21. The standard InChI is InChI=1S/C22H18Cl2N4O4/c23-15-4-1-5-16(24)18(15)21(30)28-17(22(31)32)11-12-6-8-13(9-7-12)27-20(29)14-3-2-10-26-19(14)25/h1-10,17H,11H2,(H2,25,26)(H,27,29)(H,28,30)(H,31,32)/t17-/m0/s1. The summed E-state index contributed by atoms with van der Waals surface area (Å²) in [4.78, 5) is 40.4. The molecule has 0 spiro atoms. The second-order valence-electron chi connectivity index (χ2n) is 6.75. The third-order valence-electron chi connectivity index (χ3n) is 4.53. The zero-order valence-corrected chi connectivity index (χ0v) is 18.0. The Balaban J connectivity index is 1.68. The van der Waals surface area contributed by atoms with Gasteiger partial charge in [-0.2, -0.15) is 0 Å². The van der Waals surface area contributed by atoms with Crippen LogP contribution in [0.1, 0.15) is 26.3 Å². The number of nitrogens with zero attached hydrogens (tertiary/aromatic N) is 1.